The van der Waals surface area contributed by atoms with Gasteiger partial charge in [0.2, 0.25) is 0 Å². The Morgan fingerprint density at radius 1 is 1.60 bits per heavy atom. The molecule has 0 aromatic heterocycles. The standard InChI is InChI=1S/C11H11ClO3/c1-11(5-13)6-15-9-4-7(12)2-3-8(9)10(11)14/h2-4,13H,5-6H2,1H3. The van der Waals surface area contributed by atoms with Crippen molar-refractivity contribution in [2.24, 2.45) is 5.41 Å². The summed E-state index contributed by atoms with van der Waals surface area (Å²) >= 11 is 5.79. The molecule has 1 aromatic rings. The van der Waals surface area contributed by atoms with Crippen LogP contribution < -0.4 is 4.74 Å². The molecular formula is C11H11ClO3. The first-order valence-electron chi connectivity index (χ1n) is 4.65. The Labute approximate surface area is 92.6 Å². The molecule has 0 fully saturated rings. The lowest BCUT2D eigenvalue weighted by molar-refractivity contribution is 0.0454. The molecule has 0 spiro atoms. The van der Waals surface area contributed by atoms with Crippen LogP contribution in [0.1, 0.15) is 17.3 Å². The van der Waals surface area contributed by atoms with Gasteiger partial charge in [0.25, 0.3) is 0 Å². The first kappa shape index (κ1) is 10.5. The molecule has 0 saturated carbocycles. The number of benzene rings is 1. The second-order valence-electron chi connectivity index (χ2n) is 3.98. The number of rotatable bonds is 1. The molecular weight excluding hydrogens is 216 g/mol. The van der Waals surface area contributed by atoms with Crippen molar-refractivity contribution < 1.29 is 14.6 Å². The van der Waals surface area contributed by atoms with Crippen LogP contribution in [0.3, 0.4) is 0 Å². The molecule has 4 heteroatoms. The van der Waals surface area contributed by atoms with Crippen molar-refractivity contribution in [1.82, 2.24) is 0 Å². The predicted molar refractivity (Wildman–Crippen MR) is 56.5 cm³/mol. The molecule has 0 aliphatic carbocycles. The minimum absolute atomic E-state index is 0.0945. The van der Waals surface area contributed by atoms with Gasteiger partial charge in [-0.3, -0.25) is 4.79 Å². The normalized spacial score (nSPS) is 24.6. The van der Waals surface area contributed by atoms with Crippen LogP contribution in [0.2, 0.25) is 5.02 Å². The van der Waals surface area contributed by atoms with Crippen LogP contribution >= 0.6 is 11.6 Å². The van der Waals surface area contributed by atoms with E-state index in [-0.39, 0.29) is 19.0 Å². The number of hydrogen-bond acceptors (Lipinski definition) is 3. The Balaban J connectivity index is 2.47. The van der Waals surface area contributed by atoms with E-state index in [1.54, 1.807) is 25.1 Å². The molecule has 1 aromatic carbocycles. The van der Waals surface area contributed by atoms with Gasteiger partial charge in [-0.25, -0.2) is 0 Å². The summed E-state index contributed by atoms with van der Waals surface area (Å²) in [4.78, 5) is 12.0. The van der Waals surface area contributed by atoms with Crippen molar-refractivity contribution in [3.8, 4) is 5.75 Å². The van der Waals surface area contributed by atoms with Gasteiger partial charge in [0.1, 0.15) is 12.4 Å². The van der Waals surface area contributed by atoms with E-state index < -0.39 is 5.41 Å². The number of halogens is 1. The van der Waals surface area contributed by atoms with Gasteiger partial charge >= 0.3 is 0 Å². The molecule has 0 saturated heterocycles. The second-order valence-corrected chi connectivity index (χ2v) is 4.41. The highest BCUT2D eigenvalue weighted by molar-refractivity contribution is 6.31. The maximum Gasteiger partial charge on any atom is 0.178 e. The summed E-state index contributed by atoms with van der Waals surface area (Å²) in [6, 6.07) is 4.89. The summed E-state index contributed by atoms with van der Waals surface area (Å²) in [5.74, 6) is 0.404. The first-order valence-corrected chi connectivity index (χ1v) is 5.03. The molecule has 1 aliphatic rings. The third kappa shape index (κ3) is 1.62. The van der Waals surface area contributed by atoms with Crippen molar-refractivity contribution in [1.29, 1.82) is 0 Å². The average molecular weight is 227 g/mol. The van der Waals surface area contributed by atoms with E-state index >= 15 is 0 Å². The van der Waals surface area contributed by atoms with E-state index in [1.165, 1.54) is 0 Å². The number of ether oxygens (including phenoxy) is 1. The van der Waals surface area contributed by atoms with Crippen molar-refractivity contribution in [3.05, 3.63) is 28.8 Å². The summed E-state index contributed by atoms with van der Waals surface area (Å²) in [6.07, 6.45) is 0. The minimum atomic E-state index is -0.833. The quantitative estimate of drug-likeness (QED) is 0.796. The Hall–Kier alpha value is -1.06. The molecule has 1 heterocycles. The van der Waals surface area contributed by atoms with E-state index in [0.717, 1.165) is 0 Å². The molecule has 15 heavy (non-hydrogen) atoms. The monoisotopic (exact) mass is 226 g/mol. The highest BCUT2D eigenvalue weighted by Gasteiger charge is 2.39. The van der Waals surface area contributed by atoms with Crippen LogP contribution in [0.15, 0.2) is 18.2 Å². The fraction of sp³-hybridized carbons (Fsp3) is 0.364. The van der Waals surface area contributed by atoms with Gasteiger partial charge in [0.15, 0.2) is 5.78 Å². The Morgan fingerprint density at radius 3 is 3.00 bits per heavy atom. The van der Waals surface area contributed by atoms with E-state index in [2.05, 4.69) is 0 Å². The molecule has 80 valence electrons. The minimum Gasteiger partial charge on any atom is -0.492 e. The topological polar surface area (TPSA) is 46.5 Å². The Kier molecular flexibility index (Phi) is 2.44. The molecule has 1 N–H and O–H groups in total. The fourth-order valence-corrected chi connectivity index (χ4v) is 1.71. The van der Waals surface area contributed by atoms with Gasteiger partial charge in [0.05, 0.1) is 17.6 Å². The van der Waals surface area contributed by atoms with Gasteiger partial charge in [-0.2, -0.15) is 0 Å². The van der Waals surface area contributed by atoms with Crippen molar-refractivity contribution in [3.63, 3.8) is 0 Å². The smallest absolute Gasteiger partial charge is 0.178 e. The zero-order valence-corrected chi connectivity index (χ0v) is 9.04. The highest BCUT2D eigenvalue weighted by Crippen LogP contribution is 2.35. The van der Waals surface area contributed by atoms with Crippen LogP contribution in [0, 0.1) is 5.41 Å². The van der Waals surface area contributed by atoms with E-state index in [9.17, 15) is 9.90 Å². The largest absolute Gasteiger partial charge is 0.492 e. The Bertz CT molecular complexity index is 416. The van der Waals surface area contributed by atoms with Crippen LogP contribution in [-0.2, 0) is 0 Å². The average Bonchev–Trinajstić information content (AvgIpc) is 2.24. The predicted octanol–water partition coefficient (Wildman–Crippen LogP) is 1.91. The molecule has 1 atom stereocenters. The van der Waals surface area contributed by atoms with Gasteiger partial charge < -0.3 is 9.84 Å². The number of fused-ring (bicyclic) bond motifs is 1. The molecule has 0 bridgehead atoms. The molecule has 3 nitrogen and oxygen atoms in total. The number of carbonyl (C=O) groups excluding carboxylic acids is 1. The maximum atomic E-state index is 12.0. The second kappa shape index (κ2) is 3.51. The molecule has 1 unspecified atom stereocenters. The highest BCUT2D eigenvalue weighted by atomic mass is 35.5. The third-order valence-corrected chi connectivity index (χ3v) is 2.87. The van der Waals surface area contributed by atoms with E-state index in [1.807, 2.05) is 0 Å². The number of carbonyl (C=O) groups is 1. The van der Waals surface area contributed by atoms with Gasteiger partial charge in [-0.05, 0) is 25.1 Å². The number of aliphatic hydroxyl groups excluding tert-OH is 1. The molecule has 1 aliphatic heterocycles. The maximum absolute atomic E-state index is 12.0. The third-order valence-electron chi connectivity index (χ3n) is 2.63. The number of hydrogen-bond donors (Lipinski definition) is 1. The Morgan fingerprint density at radius 2 is 2.33 bits per heavy atom. The van der Waals surface area contributed by atoms with Crippen LogP contribution in [0.4, 0.5) is 0 Å². The zero-order valence-electron chi connectivity index (χ0n) is 8.29. The van der Waals surface area contributed by atoms with Gasteiger partial charge in [-0.15, -0.1) is 0 Å². The lowest BCUT2D eigenvalue weighted by atomic mass is 9.82. The van der Waals surface area contributed by atoms with Crippen LogP contribution in [0.5, 0.6) is 5.75 Å². The summed E-state index contributed by atoms with van der Waals surface area (Å²) < 4.78 is 5.42. The fourth-order valence-electron chi connectivity index (χ4n) is 1.55. The van der Waals surface area contributed by atoms with Crippen molar-refractivity contribution in [2.45, 2.75) is 6.92 Å². The lowest BCUT2D eigenvalue weighted by Gasteiger charge is -2.31. The van der Waals surface area contributed by atoms with Gasteiger partial charge in [-0.1, -0.05) is 11.6 Å². The molecule has 2 rings (SSSR count). The van der Waals surface area contributed by atoms with Crippen molar-refractivity contribution >= 4 is 17.4 Å². The summed E-state index contributed by atoms with van der Waals surface area (Å²) in [6.45, 7) is 1.66. The summed E-state index contributed by atoms with van der Waals surface area (Å²) in [5, 5.41) is 9.71. The molecule has 0 amide bonds. The first-order chi connectivity index (χ1) is 7.07. The van der Waals surface area contributed by atoms with Gasteiger partial charge in [0, 0.05) is 5.02 Å². The van der Waals surface area contributed by atoms with E-state index in [0.29, 0.717) is 16.3 Å². The van der Waals surface area contributed by atoms with Crippen LogP contribution in [0.25, 0.3) is 0 Å². The molecule has 0 radical (unpaired) electrons. The number of ketones is 1. The summed E-state index contributed by atoms with van der Waals surface area (Å²) in [5.41, 5.74) is -0.344. The lowest BCUT2D eigenvalue weighted by Crippen LogP contribution is -2.41. The van der Waals surface area contributed by atoms with Crippen LogP contribution in [-0.4, -0.2) is 24.1 Å². The number of Topliss-reactive ketones (excluding diaryl/α,β-unsaturated/α-hetero) is 1. The summed E-state index contributed by atoms with van der Waals surface area (Å²) in [7, 11) is 0. The van der Waals surface area contributed by atoms with Crippen molar-refractivity contribution in [2.75, 3.05) is 13.2 Å². The zero-order chi connectivity index (χ0) is 11.1. The van der Waals surface area contributed by atoms with E-state index in [4.69, 9.17) is 16.3 Å². The number of aliphatic hydroxyl groups is 1. The SMILES string of the molecule is CC1(CO)COc2cc(Cl)ccc2C1=O.